The van der Waals surface area contributed by atoms with Crippen molar-refractivity contribution < 1.29 is 4.79 Å². The van der Waals surface area contributed by atoms with E-state index in [2.05, 4.69) is 43.4 Å². The van der Waals surface area contributed by atoms with Crippen LogP contribution < -0.4 is 0 Å². The van der Waals surface area contributed by atoms with Crippen LogP contribution in [0.15, 0.2) is 22.7 Å². The van der Waals surface area contributed by atoms with E-state index in [0.717, 1.165) is 32.5 Å². The van der Waals surface area contributed by atoms with Crippen LogP contribution in [0.1, 0.15) is 48.9 Å². The predicted octanol–water partition coefficient (Wildman–Crippen LogP) is 4.85. The normalized spacial score (nSPS) is 23.5. The fraction of sp³-hybridized carbons (Fsp3) is 0.562. The molecule has 2 aliphatic rings. The van der Waals surface area contributed by atoms with Gasteiger partial charge in [0.25, 0.3) is 5.91 Å². The van der Waals surface area contributed by atoms with Crippen molar-refractivity contribution in [1.29, 1.82) is 0 Å². The average molecular weight is 448 g/mol. The molecule has 0 radical (unpaired) electrons. The Hall–Kier alpha value is -0.100. The predicted molar refractivity (Wildman–Crippen MR) is 92.9 cm³/mol. The lowest BCUT2D eigenvalue weighted by Gasteiger charge is -2.29. The number of hydrogen-bond donors (Lipinski definition) is 0. The number of amides is 1. The van der Waals surface area contributed by atoms with Gasteiger partial charge in [0.2, 0.25) is 0 Å². The summed E-state index contributed by atoms with van der Waals surface area (Å²) in [7, 11) is 0. The number of hydrogen-bond acceptors (Lipinski definition) is 1. The first-order valence-electron chi connectivity index (χ1n) is 7.43. The van der Waals surface area contributed by atoms with Crippen LogP contribution in [0.3, 0.4) is 0 Å². The zero-order valence-corrected chi connectivity index (χ0v) is 15.2. The lowest BCUT2D eigenvalue weighted by Crippen LogP contribution is -2.39. The Morgan fingerprint density at radius 1 is 1.20 bits per heavy atom. The molecule has 0 bridgehead atoms. The van der Waals surface area contributed by atoms with Crippen molar-refractivity contribution in [2.75, 3.05) is 6.54 Å². The van der Waals surface area contributed by atoms with E-state index in [4.69, 9.17) is 0 Å². The van der Waals surface area contributed by atoms with Crippen molar-refractivity contribution in [1.82, 2.24) is 4.90 Å². The maximum Gasteiger partial charge on any atom is 0.255 e. The van der Waals surface area contributed by atoms with E-state index < -0.39 is 0 Å². The topological polar surface area (TPSA) is 20.3 Å². The highest BCUT2D eigenvalue weighted by molar-refractivity contribution is 14.1. The summed E-state index contributed by atoms with van der Waals surface area (Å²) in [5.74, 6) is 0.969. The molecule has 0 aromatic heterocycles. The second-order valence-corrected chi connectivity index (χ2v) is 7.95. The van der Waals surface area contributed by atoms with Crippen LogP contribution in [0, 0.1) is 9.49 Å². The summed E-state index contributed by atoms with van der Waals surface area (Å²) in [6, 6.07) is 6.46. The third-order valence-corrected chi connectivity index (χ3v) is 6.10. The summed E-state index contributed by atoms with van der Waals surface area (Å²) in [6.07, 6.45) is 7.67. The first kappa shape index (κ1) is 14.8. The van der Waals surface area contributed by atoms with Crippen LogP contribution in [0.25, 0.3) is 0 Å². The number of rotatable bonds is 2. The number of carbonyl (C=O) groups is 1. The molecule has 0 spiro atoms. The first-order chi connectivity index (χ1) is 9.66. The van der Waals surface area contributed by atoms with Gasteiger partial charge in [0.1, 0.15) is 0 Å². The van der Waals surface area contributed by atoms with E-state index in [1.165, 1.54) is 32.1 Å². The molecular weight excluding hydrogens is 429 g/mol. The van der Waals surface area contributed by atoms with Crippen LogP contribution in [0.4, 0.5) is 0 Å². The Morgan fingerprint density at radius 2 is 1.95 bits per heavy atom. The van der Waals surface area contributed by atoms with Crippen molar-refractivity contribution in [3.63, 3.8) is 0 Å². The number of nitrogens with zero attached hydrogens (tertiary/aromatic N) is 1. The van der Waals surface area contributed by atoms with Crippen LogP contribution in [0.5, 0.6) is 0 Å². The SMILES string of the molecule is O=C(c1cc(Br)ccc1I)N1CCCC1C1CCCC1. The Labute approximate surface area is 142 Å². The molecule has 108 valence electrons. The Balaban J connectivity index is 1.83. The standard InChI is InChI=1S/C16H19BrINO/c17-12-7-8-14(18)13(10-12)16(20)19-9-3-6-15(19)11-4-1-2-5-11/h7-8,10-11,15H,1-6,9H2. The third-order valence-electron chi connectivity index (χ3n) is 4.66. The van der Waals surface area contributed by atoms with Gasteiger partial charge in [-0.15, -0.1) is 0 Å². The molecule has 20 heavy (non-hydrogen) atoms. The Morgan fingerprint density at radius 3 is 2.70 bits per heavy atom. The molecule has 1 atom stereocenters. The van der Waals surface area contributed by atoms with E-state index in [1.807, 2.05) is 18.2 Å². The molecule has 1 saturated carbocycles. The number of carbonyl (C=O) groups excluding carboxylic acids is 1. The lowest BCUT2D eigenvalue weighted by atomic mass is 9.95. The van der Waals surface area contributed by atoms with Crippen LogP contribution >= 0.6 is 38.5 Å². The molecule has 1 saturated heterocycles. The van der Waals surface area contributed by atoms with Crippen molar-refractivity contribution in [3.05, 3.63) is 31.8 Å². The van der Waals surface area contributed by atoms with Crippen molar-refractivity contribution in [3.8, 4) is 0 Å². The van der Waals surface area contributed by atoms with Crippen LogP contribution in [-0.4, -0.2) is 23.4 Å². The monoisotopic (exact) mass is 447 g/mol. The summed E-state index contributed by atoms with van der Waals surface area (Å²) in [5.41, 5.74) is 0.852. The zero-order chi connectivity index (χ0) is 14.1. The molecule has 1 amide bonds. The van der Waals surface area contributed by atoms with Gasteiger partial charge in [-0.2, -0.15) is 0 Å². The zero-order valence-electron chi connectivity index (χ0n) is 11.4. The third kappa shape index (κ3) is 2.91. The maximum atomic E-state index is 12.9. The fourth-order valence-electron chi connectivity index (χ4n) is 3.69. The smallest absolute Gasteiger partial charge is 0.255 e. The van der Waals surface area contributed by atoms with Gasteiger partial charge in [-0.3, -0.25) is 4.79 Å². The van der Waals surface area contributed by atoms with Gasteiger partial charge in [-0.1, -0.05) is 28.8 Å². The molecule has 1 aliphatic carbocycles. The van der Waals surface area contributed by atoms with E-state index in [1.54, 1.807) is 0 Å². The van der Waals surface area contributed by atoms with Gasteiger partial charge < -0.3 is 4.90 Å². The van der Waals surface area contributed by atoms with Crippen molar-refractivity contribution in [2.45, 2.75) is 44.6 Å². The molecule has 1 heterocycles. The largest absolute Gasteiger partial charge is 0.335 e. The summed E-state index contributed by atoms with van der Waals surface area (Å²) in [5, 5.41) is 0. The molecule has 0 N–H and O–H groups in total. The van der Waals surface area contributed by atoms with Gasteiger partial charge in [0.15, 0.2) is 0 Å². The minimum absolute atomic E-state index is 0.227. The fourth-order valence-corrected chi connectivity index (χ4v) is 4.62. The maximum absolute atomic E-state index is 12.9. The Bertz CT molecular complexity index is 513. The highest BCUT2D eigenvalue weighted by atomic mass is 127. The molecule has 1 aromatic rings. The lowest BCUT2D eigenvalue weighted by molar-refractivity contribution is 0.0688. The molecule has 1 unspecified atom stereocenters. The van der Waals surface area contributed by atoms with Gasteiger partial charge in [-0.05, 0) is 72.4 Å². The van der Waals surface area contributed by atoms with Gasteiger partial charge in [-0.25, -0.2) is 0 Å². The molecule has 1 aromatic carbocycles. The summed E-state index contributed by atoms with van der Waals surface area (Å²) in [6.45, 7) is 0.933. The van der Waals surface area contributed by atoms with Gasteiger partial charge in [0, 0.05) is 20.6 Å². The number of benzene rings is 1. The van der Waals surface area contributed by atoms with Gasteiger partial charge >= 0.3 is 0 Å². The number of halogens is 2. The molecule has 2 nitrogen and oxygen atoms in total. The molecule has 4 heteroatoms. The molecule has 3 rings (SSSR count). The summed E-state index contributed by atoms with van der Waals surface area (Å²) >= 11 is 5.75. The summed E-state index contributed by atoms with van der Waals surface area (Å²) in [4.78, 5) is 15.0. The first-order valence-corrected chi connectivity index (χ1v) is 9.30. The average Bonchev–Trinajstić information content (AvgIpc) is 3.10. The van der Waals surface area contributed by atoms with Crippen LogP contribution in [0.2, 0.25) is 0 Å². The highest BCUT2D eigenvalue weighted by Crippen LogP contribution is 2.36. The number of likely N-dealkylation sites (tertiary alicyclic amines) is 1. The second kappa shape index (κ2) is 6.34. The van der Waals surface area contributed by atoms with Gasteiger partial charge in [0.05, 0.1) is 5.56 Å². The molecule has 2 fully saturated rings. The highest BCUT2D eigenvalue weighted by Gasteiger charge is 2.36. The van der Waals surface area contributed by atoms with Crippen LogP contribution in [-0.2, 0) is 0 Å². The Kier molecular flexibility index (Phi) is 4.70. The summed E-state index contributed by atoms with van der Waals surface area (Å²) < 4.78 is 2.03. The molecular formula is C16H19BrINO. The van der Waals surface area contributed by atoms with E-state index >= 15 is 0 Å². The second-order valence-electron chi connectivity index (χ2n) is 5.88. The minimum atomic E-state index is 0.227. The minimum Gasteiger partial charge on any atom is -0.335 e. The van der Waals surface area contributed by atoms with E-state index in [-0.39, 0.29) is 5.91 Å². The van der Waals surface area contributed by atoms with Crippen molar-refractivity contribution in [2.24, 2.45) is 5.92 Å². The van der Waals surface area contributed by atoms with E-state index in [0.29, 0.717) is 6.04 Å². The quantitative estimate of drug-likeness (QED) is 0.593. The van der Waals surface area contributed by atoms with Crippen molar-refractivity contribution >= 4 is 44.4 Å². The van der Waals surface area contributed by atoms with E-state index in [9.17, 15) is 4.79 Å². The molecule has 1 aliphatic heterocycles.